The number of hydrogen-bond acceptors (Lipinski definition) is 3. The van der Waals surface area contributed by atoms with Crippen molar-refractivity contribution in [1.82, 2.24) is 19.7 Å². The molecule has 4 nitrogen and oxygen atoms in total. The van der Waals surface area contributed by atoms with Crippen molar-refractivity contribution in [2.24, 2.45) is 7.05 Å². The molecule has 0 saturated carbocycles. The molecule has 2 aromatic heterocycles. The van der Waals surface area contributed by atoms with Gasteiger partial charge in [0.15, 0.2) is 0 Å². The Hall–Kier alpha value is -1.68. The van der Waals surface area contributed by atoms with Gasteiger partial charge in [0.05, 0.1) is 5.69 Å². The van der Waals surface area contributed by atoms with E-state index in [9.17, 15) is 0 Å². The fourth-order valence-electron chi connectivity index (χ4n) is 3.52. The van der Waals surface area contributed by atoms with Gasteiger partial charge in [-0.1, -0.05) is 0 Å². The first-order chi connectivity index (χ1) is 10.2. The van der Waals surface area contributed by atoms with Crippen molar-refractivity contribution in [1.29, 1.82) is 0 Å². The second kappa shape index (κ2) is 5.98. The quantitative estimate of drug-likeness (QED) is 0.866. The van der Waals surface area contributed by atoms with Gasteiger partial charge in [-0.3, -0.25) is 14.6 Å². The highest BCUT2D eigenvalue weighted by atomic mass is 15.3. The van der Waals surface area contributed by atoms with Crippen LogP contribution in [-0.2, 0) is 13.5 Å². The van der Waals surface area contributed by atoms with E-state index in [0.717, 1.165) is 13.0 Å². The van der Waals surface area contributed by atoms with Gasteiger partial charge in [0.25, 0.3) is 0 Å². The zero-order chi connectivity index (χ0) is 14.8. The SMILES string of the molecule is Cc1nn(C)c(C)c1C1CCCN1CCc1ccncc1. The number of hydrogen-bond donors (Lipinski definition) is 0. The molecule has 1 unspecified atom stereocenters. The van der Waals surface area contributed by atoms with E-state index < -0.39 is 0 Å². The molecule has 2 aromatic rings. The van der Waals surface area contributed by atoms with Gasteiger partial charge >= 0.3 is 0 Å². The van der Waals surface area contributed by atoms with Crippen LogP contribution in [0.4, 0.5) is 0 Å². The molecule has 0 bridgehead atoms. The van der Waals surface area contributed by atoms with Gasteiger partial charge in [0.1, 0.15) is 0 Å². The molecule has 0 aromatic carbocycles. The summed E-state index contributed by atoms with van der Waals surface area (Å²) < 4.78 is 2.02. The van der Waals surface area contributed by atoms with Gasteiger partial charge in [-0.2, -0.15) is 5.10 Å². The second-order valence-corrected chi connectivity index (χ2v) is 6.01. The maximum atomic E-state index is 4.59. The lowest BCUT2D eigenvalue weighted by molar-refractivity contribution is 0.259. The van der Waals surface area contributed by atoms with Crippen LogP contribution in [0, 0.1) is 13.8 Å². The van der Waals surface area contributed by atoms with Crippen molar-refractivity contribution in [3.63, 3.8) is 0 Å². The first-order valence-electron chi connectivity index (χ1n) is 7.80. The Morgan fingerprint density at radius 3 is 2.67 bits per heavy atom. The molecule has 0 amide bonds. The summed E-state index contributed by atoms with van der Waals surface area (Å²) in [6.07, 6.45) is 7.40. The molecular formula is C17H24N4. The fourth-order valence-corrected chi connectivity index (χ4v) is 3.52. The summed E-state index contributed by atoms with van der Waals surface area (Å²) in [5.41, 5.74) is 5.32. The maximum absolute atomic E-state index is 4.59. The third-order valence-corrected chi connectivity index (χ3v) is 4.70. The molecule has 1 fully saturated rings. The highest BCUT2D eigenvalue weighted by Gasteiger charge is 2.29. The summed E-state index contributed by atoms with van der Waals surface area (Å²) in [5.74, 6) is 0. The number of rotatable bonds is 4. The summed E-state index contributed by atoms with van der Waals surface area (Å²) in [7, 11) is 2.04. The summed E-state index contributed by atoms with van der Waals surface area (Å²) in [4.78, 5) is 6.71. The van der Waals surface area contributed by atoms with Crippen LogP contribution in [-0.4, -0.2) is 32.8 Å². The number of pyridine rings is 1. The molecular weight excluding hydrogens is 260 g/mol. The van der Waals surface area contributed by atoms with Crippen molar-refractivity contribution in [3.8, 4) is 0 Å². The van der Waals surface area contributed by atoms with Gasteiger partial charge < -0.3 is 0 Å². The normalized spacial score (nSPS) is 19.3. The molecule has 1 aliphatic heterocycles. The van der Waals surface area contributed by atoms with E-state index in [2.05, 4.69) is 41.0 Å². The minimum absolute atomic E-state index is 0.542. The van der Waals surface area contributed by atoms with E-state index in [1.165, 1.54) is 41.9 Å². The lowest BCUT2D eigenvalue weighted by Gasteiger charge is -2.25. The van der Waals surface area contributed by atoms with Gasteiger partial charge in [-0.25, -0.2) is 0 Å². The average molecular weight is 284 g/mol. The van der Waals surface area contributed by atoms with Crippen LogP contribution in [0.3, 0.4) is 0 Å². The summed E-state index contributed by atoms with van der Waals surface area (Å²) >= 11 is 0. The van der Waals surface area contributed by atoms with Crippen LogP contribution in [0.1, 0.15) is 41.4 Å². The number of aryl methyl sites for hydroxylation is 2. The Morgan fingerprint density at radius 1 is 1.24 bits per heavy atom. The molecule has 21 heavy (non-hydrogen) atoms. The summed E-state index contributed by atoms with van der Waals surface area (Å²) in [6, 6.07) is 4.78. The Balaban J connectivity index is 1.73. The monoisotopic (exact) mass is 284 g/mol. The Morgan fingerprint density at radius 2 is 2.00 bits per heavy atom. The number of aromatic nitrogens is 3. The number of nitrogens with zero attached hydrogens (tertiary/aromatic N) is 4. The minimum atomic E-state index is 0.542. The lowest BCUT2D eigenvalue weighted by atomic mass is 10.0. The second-order valence-electron chi connectivity index (χ2n) is 6.01. The first-order valence-corrected chi connectivity index (χ1v) is 7.80. The fraction of sp³-hybridized carbons (Fsp3) is 0.529. The van der Waals surface area contributed by atoms with Crippen molar-refractivity contribution < 1.29 is 0 Å². The van der Waals surface area contributed by atoms with Crippen LogP contribution >= 0.6 is 0 Å². The summed E-state index contributed by atoms with van der Waals surface area (Å²) in [6.45, 7) is 6.64. The molecule has 1 saturated heterocycles. The largest absolute Gasteiger partial charge is 0.296 e. The molecule has 0 aliphatic carbocycles. The number of likely N-dealkylation sites (tertiary alicyclic amines) is 1. The van der Waals surface area contributed by atoms with E-state index in [0.29, 0.717) is 6.04 Å². The molecule has 3 rings (SSSR count). The van der Waals surface area contributed by atoms with Gasteiger partial charge in [-0.15, -0.1) is 0 Å². The predicted molar refractivity (Wildman–Crippen MR) is 84.2 cm³/mol. The van der Waals surface area contributed by atoms with Crippen molar-refractivity contribution in [2.75, 3.05) is 13.1 Å². The average Bonchev–Trinajstić information content (AvgIpc) is 3.03. The minimum Gasteiger partial charge on any atom is -0.296 e. The zero-order valence-electron chi connectivity index (χ0n) is 13.2. The Bertz CT molecular complexity index is 603. The lowest BCUT2D eigenvalue weighted by Crippen LogP contribution is -2.26. The Kier molecular flexibility index (Phi) is 4.06. The van der Waals surface area contributed by atoms with Gasteiger partial charge in [0.2, 0.25) is 0 Å². The highest BCUT2D eigenvalue weighted by molar-refractivity contribution is 5.29. The van der Waals surface area contributed by atoms with Crippen LogP contribution < -0.4 is 0 Å². The van der Waals surface area contributed by atoms with Gasteiger partial charge in [-0.05, 0) is 57.4 Å². The third-order valence-electron chi connectivity index (χ3n) is 4.70. The molecule has 0 N–H and O–H groups in total. The van der Waals surface area contributed by atoms with Crippen molar-refractivity contribution >= 4 is 0 Å². The third kappa shape index (κ3) is 2.86. The molecule has 1 aliphatic rings. The van der Waals surface area contributed by atoms with Crippen LogP contribution in [0.25, 0.3) is 0 Å². The molecule has 0 spiro atoms. The van der Waals surface area contributed by atoms with Crippen LogP contribution in [0.15, 0.2) is 24.5 Å². The van der Waals surface area contributed by atoms with E-state index in [1.54, 1.807) is 0 Å². The topological polar surface area (TPSA) is 34.0 Å². The Labute approximate surface area is 126 Å². The molecule has 112 valence electrons. The molecule has 0 radical (unpaired) electrons. The maximum Gasteiger partial charge on any atom is 0.0644 e. The summed E-state index contributed by atoms with van der Waals surface area (Å²) in [5, 5.41) is 4.59. The van der Waals surface area contributed by atoms with Crippen molar-refractivity contribution in [2.45, 2.75) is 39.2 Å². The van der Waals surface area contributed by atoms with Crippen molar-refractivity contribution in [3.05, 3.63) is 47.0 Å². The van der Waals surface area contributed by atoms with Gasteiger partial charge in [0, 0.05) is 43.3 Å². The highest BCUT2D eigenvalue weighted by Crippen LogP contribution is 2.35. The molecule has 3 heterocycles. The predicted octanol–water partition coefficient (Wildman–Crippen LogP) is 2.81. The van der Waals surface area contributed by atoms with Crippen LogP contribution in [0.5, 0.6) is 0 Å². The molecule has 4 heteroatoms. The first kappa shape index (κ1) is 14.3. The van der Waals surface area contributed by atoms with E-state index >= 15 is 0 Å². The van der Waals surface area contributed by atoms with E-state index in [4.69, 9.17) is 0 Å². The van der Waals surface area contributed by atoms with Crippen LogP contribution in [0.2, 0.25) is 0 Å². The van der Waals surface area contributed by atoms with E-state index in [1.807, 2.05) is 24.1 Å². The standard InChI is InChI=1S/C17H24N4/c1-13-17(14(2)20(3)19-13)16-5-4-11-21(16)12-8-15-6-9-18-10-7-15/h6-7,9-10,16H,4-5,8,11-12H2,1-3H3. The molecule has 1 atom stereocenters. The smallest absolute Gasteiger partial charge is 0.0644 e. The van der Waals surface area contributed by atoms with E-state index in [-0.39, 0.29) is 0 Å². The zero-order valence-corrected chi connectivity index (χ0v) is 13.2.